The summed E-state index contributed by atoms with van der Waals surface area (Å²) in [4.78, 5) is 30.2. The van der Waals surface area contributed by atoms with E-state index in [1.165, 1.54) is 0 Å². The number of hydrogen-bond donors (Lipinski definition) is 1. The van der Waals surface area contributed by atoms with Crippen molar-refractivity contribution in [2.75, 3.05) is 36.1 Å². The van der Waals surface area contributed by atoms with Crippen LogP contribution in [0.4, 0.5) is 17.3 Å². The number of aliphatic hydroxyl groups is 1. The monoisotopic (exact) mass is 397 g/mol. The molecule has 2 aromatic heterocycles. The van der Waals surface area contributed by atoms with Crippen molar-refractivity contribution in [2.45, 2.75) is 39.2 Å². The molecule has 4 heterocycles. The highest BCUT2D eigenvalue weighted by Gasteiger charge is 2.35. The van der Waals surface area contributed by atoms with Gasteiger partial charge in [0.25, 0.3) is 5.91 Å². The topological polar surface area (TPSA) is 91.7 Å². The highest BCUT2D eigenvalue weighted by Crippen LogP contribution is 2.37. The molecule has 1 saturated heterocycles. The molecule has 8 heteroatoms. The zero-order valence-electron chi connectivity index (χ0n) is 17.1. The van der Waals surface area contributed by atoms with E-state index in [1.54, 1.807) is 37.3 Å². The summed E-state index contributed by atoms with van der Waals surface area (Å²) in [6.45, 7) is 7.84. The van der Waals surface area contributed by atoms with Gasteiger partial charge < -0.3 is 14.7 Å². The molecular weight excluding hydrogens is 370 g/mol. The Labute approximate surface area is 170 Å². The van der Waals surface area contributed by atoms with Crippen molar-refractivity contribution >= 4 is 23.2 Å². The zero-order chi connectivity index (χ0) is 20.6. The van der Waals surface area contributed by atoms with E-state index < -0.39 is 5.60 Å². The number of ether oxygens (including phenoxy) is 1. The number of pyridine rings is 1. The zero-order valence-corrected chi connectivity index (χ0v) is 17.1. The Morgan fingerprint density at radius 2 is 1.86 bits per heavy atom. The summed E-state index contributed by atoms with van der Waals surface area (Å²) in [5.74, 6) is 1.65. The Hall–Kier alpha value is -2.58. The number of carbonyl (C=O) groups is 1. The maximum absolute atomic E-state index is 13.2. The number of aryl methyl sites for hydroxylation is 1. The molecule has 2 aliphatic rings. The fourth-order valence-electron chi connectivity index (χ4n) is 3.89. The predicted molar refractivity (Wildman–Crippen MR) is 109 cm³/mol. The summed E-state index contributed by atoms with van der Waals surface area (Å²) in [7, 11) is 0. The van der Waals surface area contributed by atoms with Crippen molar-refractivity contribution in [3.8, 4) is 0 Å². The molecule has 29 heavy (non-hydrogen) atoms. The van der Waals surface area contributed by atoms with Crippen LogP contribution in [0.25, 0.3) is 0 Å². The van der Waals surface area contributed by atoms with Gasteiger partial charge in [0.15, 0.2) is 11.6 Å². The molecule has 8 nitrogen and oxygen atoms in total. The van der Waals surface area contributed by atoms with Crippen LogP contribution in [0.5, 0.6) is 0 Å². The Morgan fingerprint density at radius 3 is 2.52 bits per heavy atom. The first-order valence-electron chi connectivity index (χ1n) is 10.0. The molecule has 154 valence electrons. The van der Waals surface area contributed by atoms with Crippen LogP contribution in [0.1, 0.15) is 37.9 Å². The van der Waals surface area contributed by atoms with Crippen LogP contribution in [0.15, 0.2) is 24.7 Å². The van der Waals surface area contributed by atoms with Gasteiger partial charge >= 0.3 is 0 Å². The predicted octanol–water partition coefficient (Wildman–Crippen LogP) is 2.32. The average Bonchev–Trinajstić information content (AvgIpc) is 2.69. The normalized spacial score (nSPS) is 18.1. The minimum absolute atomic E-state index is 0.0639. The fourth-order valence-corrected chi connectivity index (χ4v) is 3.89. The second kappa shape index (κ2) is 7.68. The number of aromatic nitrogens is 3. The molecule has 0 spiro atoms. The molecule has 0 aliphatic carbocycles. The minimum atomic E-state index is -1.05. The Bertz CT molecular complexity index is 905. The Kier molecular flexibility index (Phi) is 5.23. The van der Waals surface area contributed by atoms with Crippen molar-refractivity contribution < 1.29 is 14.6 Å². The molecule has 0 radical (unpaired) electrons. The van der Waals surface area contributed by atoms with E-state index in [9.17, 15) is 9.90 Å². The maximum Gasteiger partial charge on any atom is 0.252 e. The lowest BCUT2D eigenvalue weighted by molar-refractivity contribution is -0.117. The summed E-state index contributed by atoms with van der Waals surface area (Å²) >= 11 is 0. The van der Waals surface area contributed by atoms with E-state index in [0.717, 1.165) is 38.2 Å². The van der Waals surface area contributed by atoms with Gasteiger partial charge in [-0.2, -0.15) is 0 Å². The van der Waals surface area contributed by atoms with Gasteiger partial charge in [0.1, 0.15) is 5.60 Å². The molecule has 0 aromatic carbocycles. The number of carbonyl (C=O) groups excluding carboxylic acids is 1. The van der Waals surface area contributed by atoms with E-state index in [4.69, 9.17) is 4.74 Å². The first-order valence-corrected chi connectivity index (χ1v) is 10.0. The molecule has 2 aromatic rings. The summed E-state index contributed by atoms with van der Waals surface area (Å²) in [5.41, 5.74) is 1.02. The van der Waals surface area contributed by atoms with Crippen molar-refractivity contribution in [1.29, 1.82) is 0 Å². The fraction of sp³-hybridized carbons (Fsp3) is 0.524. The van der Waals surface area contributed by atoms with Gasteiger partial charge in [-0.1, -0.05) is 0 Å². The van der Waals surface area contributed by atoms with Crippen LogP contribution in [-0.4, -0.2) is 52.3 Å². The number of amides is 1. The molecule has 0 atom stereocenters. The van der Waals surface area contributed by atoms with Gasteiger partial charge in [0.2, 0.25) is 0 Å². The minimum Gasteiger partial charge on any atom is -0.384 e. The lowest BCUT2D eigenvalue weighted by Crippen LogP contribution is -2.47. The lowest BCUT2D eigenvalue weighted by Gasteiger charge is -2.37. The molecule has 0 bridgehead atoms. The van der Waals surface area contributed by atoms with Crippen LogP contribution < -0.4 is 9.80 Å². The number of fused-ring (bicyclic) bond motifs is 1. The summed E-state index contributed by atoms with van der Waals surface area (Å²) in [6.07, 6.45) is 6.88. The molecule has 1 fully saturated rings. The molecule has 0 unspecified atom stereocenters. The first-order chi connectivity index (χ1) is 13.8. The van der Waals surface area contributed by atoms with Crippen LogP contribution >= 0.6 is 0 Å². The molecule has 4 rings (SSSR count). The van der Waals surface area contributed by atoms with Crippen molar-refractivity contribution in [2.24, 2.45) is 5.92 Å². The number of anilines is 3. The SMILES string of the molecule is Cc1cc(C(C)(C)O)ncc1N1C(=O)CN(CC2CCOCC2)c2nccnc21. The highest BCUT2D eigenvalue weighted by molar-refractivity contribution is 6.07. The second-order valence-corrected chi connectivity index (χ2v) is 8.28. The number of rotatable bonds is 4. The third-order valence-electron chi connectivity index (χ3n) is 5.52. The van der Waals surface area contributed by atoms with Crippen LogP contribution in [0.2, 0.25) is 0 Å². The smallest absolute Gasteiger partial charge is 0.252 e. The van der Waals surface area contributed by atoms with E-state index in [2.05, 4.69) is 15.0 Å². The lowest BCUT2D eigenvalue weighted by atomic mass is 9.99. The van der Waals surface area contributed by atoms with Gasteiger partial charge in [-0.3, -0.25) is 14.7 Å². The Balaban J connectivity index is 1.68. The van der Waals surface area contributed by atoms with E-state index in [1.807, 2.05) is 17.9 Å². The molecule has 2 aliphatic heterocycles. The van der Waals surface area contributed by atoms with Crippen molar-refractivity contribution in [3.63, 3.8) is 0 Å². The van der Waals surface area contributed by atoms with Crippen molar-refractivity contribution in [3.05, 3.63) is 35.9 Å². The van der Waals surface area contributed by atoms with Crippen LogP contribution in [-0.2, 0) is 15.1 Å². The highest BCUT2D eigenvalue weighted by atomic mass is 16.5. The van der Waals surface area contributed by atoms with Gasteiger partial charge in [0, 0.05) is 32.2 Å². The second-order valence-electron chi connectivity index (χ2n) is 8.28. The maximum atomic E-state index is 13.2. The van der Waals surface area contributed by atoms with E-state index in [0.29, 0.717) is 28.9 Å². The molecule has 1 amide bonds. The third kappa shape index (κ3) is 3.95. The Morgan fingerprint density at radius 1 is 1.17 bits per heavy atom. The quantitative estimate of drug-likeness (QED) is 0.846. The van der Waals surface area contributed by atoms with Crippen molar-refractivity contribution in [1.82, 2.24) is 15.0 Å². The van der Waals surface area contributed by atoms with Crippen LogP contribution in [0.3, 0.4) is 0 Å². The summed E-state index contributed by atoms with van der Waals surface area (Å²) in [5, 5.41) is 10.2. The van der Waals surface area contributed by atoms with Crippen LogP contribution in [0, 0.1) is 12.8 Å². The molecule has 0 saturated carbocycles. The summed E-state index contributed by atoms with van der Waals surface area (Å²) in [6, 6.07) is 1.81. The third-order valence-corrected chi connectivity index (χ3v) is 5.52. The average molecular weight is 397 g/mol. The van der Waals surface area contributed by atoms with Gasteiger partial charge in [0.05, 0.1) is 24.1 Å². The largest absolute Gasteiger partial charge is 0.384 e. The van der Waals surface area contributed by atoms with E-state index >= 15 is 0 Å². The molecule has 1 N–H and O–H groups in total. The van der Waals surface area contributed by atoms with Gasteiger partial charge in [-0.15, -0.1) is 0 Å². The van der Waals surface area contributed by atoms with E-state index in [-0.39, 0.29) is 12.5 Å². The van der Waals surface area contributed by atoms with Gasteiger partial charge in [-0.05, 0) is 51.2 Å². The standard InChI is InChI=1S/C21H27N5O3/c1-14-10-17(21(2,3)28)24-11-16(14)26-18(27)13-25(12-15-4-8-29-9-5-15)19-20(26)23-7-6-22-19/h6-7,10-11,15,28H,4-5,8-9,12-13H2,1-3H3. The number of nitrogens with zero attached hydrogens (tertiary/aromatic N) is 5. The summed E-state index contributed by atoms with van der Waals surface area (Å²) < 4.78 is 5.45. The van der Waals surface area contributed by atoms with Gasteiger partial charge in [-0.25, -0.2) is 9.97 Å². The first kappa shape index (κ1) is 19.7. The molecular formula is C21H27N5O3. The number of hydrogen-bond acceptors (Lipinski definition) is 7.